The van der Waals surface area contributed by atoms with Gasteiger partial charge in [0.2, 0.25) is 5.95 Å². The number of anilines is 2. The molecule has 0 aliphatic carbocycles. The number of ether oxygens (including phenoxy) is 1. The molecule has 0 unspecified atom stereocenters. The summed E-state index contributed by atoms with van der Waals surface area (Å²) in [7, 11) is 3.86. The lowest BCUT2D eigenvalue weighted by atomic mass is 9.96. The lowest BCUT2D eigenvalue weighted by molar-refractivity contribution is 0.136. The first-order valence-electron chi connectivity index (χ1n) is 10.2. The van der Waals surface area contributed by atoms with Gasteiger partial charge in [0.15, 0.2) is 0 Å². The second-order valence-corrected chi connectivity index (χ2v) is 8.11. The van der Waals surface area contributed by atoms with Gasteiger partial charge in [-0.2, -0.15) is 4.98 Å². The summed E-state index contributed by atoms with van der Waals surface area (Å²) in [6.07, 6.45) is 2.44. The summed E-state index contributed by atoms with van der Waals surface area (Å²) in [5.74, 6) is 2.62. The highest BCUT2D eigenvalue weighted by Crippen LogP contribution is 2.32. The first kappa shape index (κ1) is 20.3. The zero-order valence-electron chi connectivity index (χ0n) is 17.3. The highest BCUT2D eigenvalue weighted by Gasteiger charge is 2.35. The van der Waals surface area contributed by atoms with E-state index in [1.165, 1.54) is 12.8 Å². The third-order valence-corrected chi connectivity index (χ3v) is 6.07. The standard InChI is InChI=1S/C20H35N5O2/c1-15-16(2)21-20(24-7-5-6-8-24)22-19(15)25-12-17(18(13-25)14-26)11-23(3)9-10-27-4/h17-18,26H,5-14H2,1-4H3/t17-,18-/m1/s1. The number of hydrogen-bond acceptors (Lipinski definition) is 7. The molecule has 3 heterocycles. The molecule has 152 valence electrons. The monoisotopic (exact) mass is 377 g/mol. The summed E-state index contributed by atoms with van der Waals surface area (Å²) in [4.78, 5) is 16.7. The number of aliphatic hydroxyl groups excluding tert-OH is 1. The molecule has 2 atom stereocenters. The average Bonchev–Trinajstić information content (AvgIpc) is 3.32. The average molecular weight is 378 g/mol. The number of likely N-dealkylation sites (N-methyl/N-ethyl adjacent to an activating group) is 1. The summed E-state index contributed by atoms with van der Waals surface area (Å²) >= 11 is 0. The van der Waals surface area contributed by atoms with Crippen molar-refractivity contribution in [1.82, 2.24) is 14.9 Å². The minimum absolute atomic E-state index is 0.224. The summed E-state index contributed by atoms with van der Waals surface area (Å²) in [6.45, 7) is 10.9. The number of rotatable bonds is 8. The van der Waals surface area contributed by atoms with Crippen molar-refractivity contribution in [3.05, 3.63) is 11.3 Å². The Hall–Kier alpha value is -1.44. The molecule has 1 aromatic rings. The second kappa shape index (κ2) is 9.17. The zero-order valence-corrected chi connectivity index (χ0v) is 17.3. The van der Waals surface area contributed by atoms with Crippen molar-refractivity contribution in [3.63, 3.8) is 0 Å². The Bertz CT molecular complexity index is 621. The van der Waals surface area contributed by atoms with Crippen molar-refractivity contribution in [3.8, 4) is 0 Å². The molecule has 7 nitrogen and oxygen atoms in total. The van der Waals surface area contributed by atoms with Gasteiger partial charge in [0, 0.05) is 70.2 Å². The molecule has 7 heteroatoms. The normalized spacial score (nSPS) is 23.0. The van der Waals surface area contributed by atoms with E-state index in [1.54, 1.807) is 7.11 Å². The fourth-order valence-corrected chi connectivity index (χ4v) is 4.23. The third-order valence-electron chi connectivity index (χ3n) is 6.07. The van der Waals surface area contributed by atoms with E-state index in [-0.39, 0.29) is 12.5 Å². The number of aryl methyl sites for hydroxylation is 1. The van der Waals surface area contributed by atoms with Crippen LogP contribution in [0.1, 0.15) is 24.1 Å². The summed E-state index contributed by atoms with van der Waals surface area (Å²) in [5, 5.41) is 9.93. The van der Waals surface area contributed by atoms with Crippen molar-refractivity contribution in [2.24, 2.45) is 11.8 Å². The second-order valence-electron chi connectivity index (χ2n) is 8.11. The molecule has 27 heavy (non-hydrogen) atoms. The van der Waals surface area contributed by atoms with Crippen LogP contribution in [0, 0.1) is 25.7 Å². The lowest BCUT2D eigenvalue weighted by Gasteiger charge is -2.25. The molecule has 0 radical (unpaired) electrons. The number of hydrogen-bond donors (Lipinski definition) is 1. The van der Waals surface area contributed by atoms with E-state index in [0.29, 0.717) is 5.92 Å². The first-order valence-corrected chi connectivity index (χ1v) is 10.2. The van der Waals surface area contributed by atoms with E-state index in [1.807, 2.05) is 0 Å². The van der Waals surface area contributed by atoms with Crippen LogP contribution in [0.15, 0.2) is 0 Å². The van der Waals surface area contributed by atoms with E-state index in [0.717, 1.165) is 68.9 Å². The molecular weight excluding hydrogens is 342 g/mol. The number of aliphatic hydroxyl groups is 1. The molecule has 2 fully saturated rings. The van der Waals surface area contributed by atoms with Crippen LogP contribution < -0.4 is 9.80 Å². The molecule has 2 aliphatic heterocycles. The molecule has 3 rings (SSSR count). The molecule has 0 spiro atoms. The van der Waals surface area contributed by atoms with Gasteiger partial charge in [0.25, 0.3) is 0 Å². The molecule has 0 aromatic carbocycles. The highest BCUT2D eigenvalue weighted by atomic mass is 16.5. The van der Waals surface area contributed by atoms with Gasteiger partial charge in [-0.05, 0) is 39.7 Å². The summed E-state index contributed by atoms with van der Waals surface area (Å²) in [6, 6.07) is 0. The van der Waals surface area contributed by atoms with Gasteiger partial charge in [0.05, 0.1) is 6.61 Å². The minimum Gasteiger partial charge on any atom is -0.396 e. The number of nitrogens with zero attached hydrogens (tertiary/aromatic N) is 5. The van der Waals surface area contributed by atoms with Gasteiger partial charge in [-0.15, -0.1) is 0 Å². The number of aromatic nitrogens is 2. The summed E-state index contributed by atoms with van der Waals surface area (Å²) in [5.41, 5.74) is 2.21. The van der Waals surface area contributed by atoms with E-state index in [2.05, 4.69) is 35.6 Å². The number of methoxy groups -OCH3 is 1. The van der Waals surface area contributed by atoms with Crippen molar-refractivity contribution >= 4 is 11.8 Å². The van der Waals surface area contributed by atoms with Crippen LogP contribution in [0.25, 0.3) is 0 Å². The Labute approximate surface area is 163 Å². The molecule has 1 aromatic heterocycles. The predicted molar refractivity (Wildman–Crippen MR) is 109 cm³/mol. The Balaban J connectivity index is 1.75. The Morgan fingerprint density at radius 3 is 2.48 bits per heavy atom. The van der Waals surface area contributed by atoms with E-state index < -0.39 is 0 Å². The maximum Gasteiger partial charge on any atom is 0.227 e. The summed E-state index contributed by atoms with van der Waals surface area (Å²) < 4.78 is 5.19. The van der Waals surface area contributed by atoms with Crippen molar-refractivity contribution < 1.29 is 9.84 Å². The van der Waals surface area contributed by atoms with Crippen LogP contribution in [0.3, 0.4) is 0 Å². The zero-order chi connectivity index (χ0) is 19.4. The van der Waals surface area contributed by atoms with Crippen LogP contribution >= 0.6 is 0 Å². The van der Waals surface area contributed by atoms with E-state index in [9.17, 15) is 5.11 Å². The largest absolute Gasteiger partial charge is 0.396 e. The molecule has 2 aliphatic rings. The van der Waals surface area contributed by atoms with Gasteiger partial charge in [-0.25, -0.2) is 4.98 Å². The van der Waals surface area contributed by atoms with E-state index >= 15 is 0 Å². The Morgan fingerprint density at radius 1 is 1.11 bits per heavy atom. The van der Waals surface area contributed by atoms with Gasteiger partial charge in [0.1, 0.15) is 5.82 Å². The Kier molecular flexibility index (Phi) is 6.89. The topological polar surface area (TPSA) is 65.0 Å². The first-order chi connectivity index (χ1) is 13.0. The van der Waals surface area contributed by atoms with E-state index in [4.69, 9.17) is 14.7 Å². The van der Waals surface area contributed by atoms with Crippen LogP contribution in [0.4, 0.5) is 11.8 Å². The Morgan fingerprint density at radius 2 is 1.81 bits per heavy atom. The fraction of sp³-hybridized carbons (Fsp3) is 0.800. The molecule has 2 saturated heterocycles. The quantitative estimate of drug-likeness (QED) is 0.733. The molecule has 1 N–H and O–H groups in total. The van der Waals surface area contributed by atoms with Crippen molar-refractivity contribution in [2.45, 2.75) is 26.7 Å². The SMILES string of the molecule is COCCN(C)C[C@@H]1CN(c2nc(N3CCCC3)nc(C)c2C)C[C@@H]1CO. The van der Waals surface area contributed by atoms with Gasteiger partial charge in [-0.3, -0.25) is 0 Å². The van der Waals surface area contributed by atoms with Gasteiger partial charge >= 0.3 is 0 Å². The molecule has 0 saturated carbocycles. The van der Waals surface area contributed by atoms with Crippen molar-refractivity contribution in [2.75, 3.05) is 76.4 Å². The van der Waals surface area contributed by atoms with Gasteiger partial charge < -0.3 is 24.5 Å². The molecule has 0 bridgehead atoms. The molecule has 0 amide bonds. The predicted octanol–water partition coefficient (Wildman–Crippen LogP) is 1.32. The maximum atomic E-state index is 9.93. The minimum atomic E-state index is 0.224. The maximum absolute atomic E-state index is 9.93. The lowest BCUT2D eigenvalue weighted by Crippen LogP contribution is -2.33. The van der Waals surface area contributed by atoms with Crippen LogP contribution in [-0.4, -0.2) is 86.6 Å². The smallest absolute Gasteiger partial charge is 0.227 e. The highest BCUT2D eigenvalue weighted by molar-refractivity contribution is 5.53. The fourth-order valence-electron chi connectivity index (χ4n) is 4.23. The third kappa shape index (κ3) is 4.70. The van der Waals surface area contributed by atoms with Gasteiger partial charge in [-0.1, -0.05) is 0 Å². The van der Waals surface area contributed by atoms with Crippen LogP contribution in [-0.2, 0) is 4.74 Å². The van der Waals surface area contributed by atoms with Crippen LogP contribution in [0.2, 0.25) is 0 Å². The molecular formula is C20H35N5O2. The van der Waals surface area contributed by atoms with Crippen LogP contribution in [0.5, 0.6) is 0 Å². The van der Waals surface area contributed by atoms with Crippen molar-refractivity contribution in [1.29, 1.82) is 0 Å².